The van der Waals surface area contributed by atoms with Gasteiger partial charge < -0.3 is 10.2 Å². The van der Waals surface area contributed by atoms with Crippen molar-refractivity contribution in [3.05, 3.63) is 12.5 Å². The molecule has 4 heteroatoms. The number of hydrogen-bond acceptors (Lipinski definition) is 4. The Hall–Kier alpha value is -0.480. The van der Waals surface area contributed by atoms with Gasteiger partial charge in [-0.15, -0.1) is 0 Å². The first kappa shape index (κ1) is 8.13. The van der Waals surface area contributed by atoms with E-state index in [4.69, 9.17) is 10.2 Å². The molecule has 0 bridgehead atoms. The van der Waals surface area contributed by atoms with Crippen LogP contribution in [-0.4, -0.2) is 16.3 Å². The number of aromatic nitrogens is 1. The molecule has 1 heterocycles. The molecule has 0 spiro atoms. The zero-order chi connectivity index (χ0) is 8.39. The Morgan fingerprint density at radius 2 is 2.50 bits per heavy atom. The van der Waals surface area contributed by atoms with Gasteiger partial charge in [0.1, 0.15) is 6.26 Å². The van der Waals surface area contributed by atoms with Crippen LogP contribution in [0.25, 0.3) is 0 Å². The van der Waals surface area contributed by atoms with Crippen LogP contribution in [0.2, 0.25) is 0 Å². The SMILES string of the molecule is NC1CCC(Sc2ncco2)C1. The van der Waals surface area contributed by atoms with Crippen LogP contribution < -0.4 is 5.73 Å². The lowest BCUT2D eigenvalue weighted by atomic mass is 10.3. The number of nitrogens with zero attached hydrogens (tertiary/aromatic N) is 1. The quantitative estimate of drug-likeness (QED) is 0.759. The van der Waals surface area contributed by atoms with Gasteiger partial charge in [0.2, 0.25) is 0 Å². The summed E-state index contributed by atoms with van der Waals surface area (Å²) >= 11 is 1.70. The van der Waals surface area contributed by atoms with E-state index in [1.165, 1.54) is 6.42 Å². The minimum atomic E-state index is 0.387. The van der Waals surface area contributed by atoms with E-state index < -0.39 is 0 Å². The summed E-state index contributed by atoms with van der Waals surface area (Å²) in [6.45, 7) is 0. The molecule has 1 aromatic rings. The second-order valence-electron chi connectivity index (χ2n) is 3.11. The Labute approximate surface area is 75.7 Å². The molecular weight excluding hydrogens is 172 g/mol. The highest BCUT2D eigenvalue weighted by Crippen LogP contribution is 2.33. The van der Waals surface area contributed by atoms with Gasteiger partial charge in [-0.2, -0.15) is 0 Å². The van der Waals surface area contributed by atoms with Gasteiger partial charge in [0, 0.05) is 11.3 Å². The van der Waals surface area contributed by atoms with Gasteiger partial charge in [0.15, 0.2) is 0 Å². The molecule has 12 heavy (non-hydrogen) atoms. The van der Waals surface area contributed by atoms with Gasteiger partial charge in [-0.05, 0) is 19.3 Å². The van der Waals surface area contributed by atoms with Crippen LogP contribution >= 0.6 is 11.8 Å². The molecule has 2 N–H and O–H groups in total. The van der Waals surface area contributed by atoms with Crippen molar-refractivity contribution in [3.63, 3.8) is 0 Å². The van der Waals surface area contributed by atoms with Gasteiger partial charge >= 0.3 is 0 Å². The molecule has 1 aromatic heterocycles. The lowest BCUT2D eigenvalue weighted by Crippen LogP contribution is -2.15. The van der Waals surface area contributed by atoms with Gasteiger partial charge in [-0.3, -0.25) is 0 Å². The normalized spacial score (nSPS) is 29.4. The van der Waals surface area contributed by atoms with Gasteiger partial charge in [-0.25, -0.2) is 4.98 Å². The Morgan fingerprint density at radius 1 is 1.58 bits per heavy atom. The lowest BCUT2D eigenvalue weighted by molar-refractivity contribution is 0.453. The van der Waals surface area contributed by atoms with Crippen molar-refractivity contribution in [1.82, 2.24) is 4.98 Å². The fourth-order valence-corrected chi connectivity index (χ4v) is 2.61. The second-order valence-corrected chi connectivity index (χ2v) is 4.36. The topological polar surface area (TPSA) is 52.0 Å². The average molecular weight is 184 g/mol. The molecule has 1 aliphatic carbocycles. The van der Waals surface area contributed by atoms with Crippen LogP contribution in [0.3, 0.4) is 0 Å². The molecule has 1 saturated carbocycles. The molecule has 0 radical (unpaired) electrons. The molecule has 0 aliphatic heterocycles. The third kappa shape index (κ3) is 1.81. The highest BCUT2D eigenvalue weighted by Gasteiger charge is 2.23. The van der Waals surface area contributed by atoms with Crippen molar-refractivity contribution >= 4 is 11.8 Å². The summed E-state index contributed by atoms with van der Waals surface area (Å²) in [4.78, 5) is 4.06. The Morgan fingerprint density at radius 3 is 3.08 bits per heavy atom. The van der Waals surface area contributed by atoms with E-state index in [1.54, 1.807) is 24.2 Å². The van der Waals surface area contributed by atoms with Gasteiger partial charge in [0.05, 0.1) is 6.20 Å². The largest absolute Gasteiger partial charge is 0.440 e. The smallest absolute Gasteiger partial charge is 0.255 e. The van der Waals surface area contributed by atoms with E-state index in [-0.39, 0.29) is 0 Å². The minimum Gasteiger partial charge on any atom is -0.440 e. The third-order valence-corrected chi connectivity index (χ3v) is 3.27. The van der Waals surface area contributed by atoms with Crippen molar-refractivity contribution in [1.29, 1.82) is 0 Å². The maximum atomic E-state index is 5.79. The van der Waals surface area contributed by atoms with E-state index in [2.05, 4.69) is 4.98 Å². The first-order valence-electron chi connectivity index (χ1n) is 4.16. The van der Waals surface area contributed by atoms with E-state index in [0.29, 0.717) is 11.3 Å². The van der Waals surface area contributed by atoms with Crippen LogP contribution in [0, 0.1) is 0 Å². The molecule has 1 fully saturated rings. The molecule has 1 aliphatic rings. The zero-order valence-corrected chi connectivity index (χ0v) is 7.59. The molecule has 66 valence electrons. The van der Waals surface area contributed by atoms with Crippen LogP contribution in [0.15, 0.2) is 22.1 Å². The number of hydrogen-bond donors (Lipinski definition) is 1. The third-order valence-electron chi connectivity index (χ3n) is 2.10. The number of rotatable bonds is 2. The zero-order valence-electron chi connectivity index (χ0n) is 6.77. The summed E-state index contributed by atoms with van der Waals surface area (Å²) < 4.78 is 5.14. The predicted molar refractivity (Wildman–Crippen MR) is 48.0 cm³/mol. The minimum absolute atomic E-state index is 0.387. The number of thioether (sulfide) groups is 1. The summed E-state index contributed by atoms with van der Waals surface area (Å²) in [6.07, 6.45) is 6.70. The summed E-state index contributed by atoms with van der Waals surface area (Å²) in [5, 5.41) is 1.38. The second kappa shape index (κ2) is 3.49. The number of oxazole rings is 1. The average Bonchev–Trinajstić information content (AvgIpc) is 2.63. The van der Waals surface area contributed by atoms with Crippen LogP contribution in [0.1, 0.15) is 19.3 Å². The molecule has 3 nitrogen and oxygen atoms in total. The summed E-state index contributed by atoms with van der Waals surface area (Å²) in [5.74, 6) is 0. The van der Waals surface area contributed by atoms with Crippen LogP contribution in [-0.2, 0) is 0 Å². The highest BCUT2D eigenvalue weighted by molar-refractivity contribution is 7.99. The fourth-order valence-electron chi connectivity index (χ4n) is 1.49. The van der Waals surface area contributed by atoms with Gasteiger partial charge in [-0.1, -0.05) is 11.8 Å². The van der Waals surface area contributed by atoms with Crippen molar-refractivity contribution in [2.24, 2.45) is 5.73 Å². The highest BCUT2D eigenvalue weighted by atomic mass is 32.2. The Kier molecular flexibility index (Phi) is 2.37. The number of nitrogens with two attached hydrogens (primary N) is 1. The Balaban J connectivity index is 1.88. The van der Waals surface area contributed by atoms with Crippen LogP contribution in [0.4, 0.5) is 0 Å². The summed E-state index contributed by atoms with van der Waals surface area (Å²) in [6, 6.07) is 0.387. The summed E-state index contributed by atoms with van der Waals surface area (Å²) in [7, 11) is 0. The maximum Gasteiger partial charge on any atom is 0.255 e. The van der Waals surface area contributed by atoms with Crippen molar-refractivity contribution < 1.29 is 4.42 Å². The molecule has 2 rings (SSSR count). The molecule has 2 unspecified atom stereocenters. The standard InChI is InChI=1S/C8H12N2OS/c9-6-1-2-7(5-6)12-8-10-3-4-11-8/h3-4,6-7H,1-2,5,9H2. The first-order valence-corrected chi connectivity index (χ1v) is 5.04. The Bertz CT molecular complexity index is 237. The van der Waals surface area contributed by atoms with E-state index in [1.807, 2.05) is 0 Å². The monoisotopic (exact) mass is 184 g/mol. The summed E-state index contributed by atoms with van der Waals surface area (Å²) in [5.41, 5.74) is 5.79. The molecular formula is C8H12N2OS. The molecule has 2 atom stereocenters. The predicted octanol–water partition coefficient (Wildman–Crippen LogP) is 1.65. The van der Waals surface area contributed by atoms with Gasteiger partial charge in [0.25, 0.3) is 5.22 Å². The lowest BCUT2D eigenvalue weighted by Gasteiger charge is -2.04. The van der Waals surface area contributed by atoms with E-state index in [9.17, 15) is 0 Å². The molecule has 0 amide bonds. The van der Waals surface area contributed by atoms with Crippen molar-refractivity contribution in [3.8, 4) is 0 Å². The van der Waals surface area contributed by atoms with Crippen molar-refractivity contribution in [2.75, 3.05) is 0 Å². The van der Waals surface area contributed by atoms with E-state index in [0.717, 1.165) is 18.1 Å². The molecule has 0 saturated heterocycles. The van der Waals surface area contributed by atoms with Crippen molar-refractivity contribution in [2.45, 2.75) is 35.8 Å². The fraction of sp³-hybridized carbons (Fsp3) is 0.625. The van der Waals surface area contributed by atoms with E-state index >= 15 is 0 Å². The van der Waals surface area contributed by atoms with Crippen LogP contribution in [0.5, 0.6) is 0 Å². The maximum absolute atomic E-state index is 5.79. The first-order chi connectivity index (χ1) is 5.84. The molecule has 0 aromatic carbocycles.